The molecule has 0 saturated carbocycles. The van der Waals surface area contributed by atoms with E-state index in [0.29, 0.717) is 12.2 Å². The van der Waals surface area contributed by atoms with Crippen molar-refractivity contribution in [2.24, 2.45) is 0 Å². The molecule has 1 heterocycles. The fourth-order valence-electron chi connectivity index (χ4n) is 3.27. The fraction of sp³-hybridized carbons (Fsp3) is 0.333. The first-order valence-electron chi connectivity index (χ1n) is 10.3. The van der Waals surface area contributed by atoms with Gasteiger partial charge in [-0.25, -0.2) is 4.79 Å². The molecule has 1 aromatic heterocycles. The van der Waals surface area contributed by atoms with E-state index in [9.17, 15) is 22.8 Å². The third-order valence-corrected chi connectivity index (χ3v) is 4.89. The minimum atomic E-state index is -4.97. The molecule has 0 fully saturated rings. The van der Waals surface area contributed by atoms with Crippen molar-refractivity contribution < 1.29 is 41.3 Å². The summed E-state index contributed by atoms with van der Waals surface area (Å²) in [6, 6.07) is 7.77. The lowest BCUT2D eigenvalue weighted by molar-refractivity contribution is -0.152. The van der Waals surface area contributed by atoms with Crippen molar-refractivity contribution >= 4 is 16.9 Å². The maximum Gasteiger partial charge on any atom is 0.450 e. The molecule has 0 unspecified atom stereocenters. The zero-order chi connectivity index (χ0) is 25.0. The molecule has 2 aromatic carbocycles. The van der Waals surface area contributed by atoms with E-state index in [4.69, 9.17) is 23.4 Å². The number of alkyl halides is 3. The summed E-state index contributed by atoms with van der Waals surface area (Å²) in [4.78, 5) is 25.1. The molecule has 0 radical (unpaired) electrons. The molecule has 0 aliphatic heterocycles. The van der Waals surface area contributed by atoms with Crippen molar-refractivity contribution in [1.82, 2.24) is 0 Å². The zero-order valence-corrected chi connectivity index (χ0v) is 18.9. The summed E-state index contributed by atoms with van der Waals surface area (Å²) in [5.41, 5.74) is -1.93. The lowest BCUT2D eigenvalue weighted by Gasteiger charge is -2.16. The molecular formula is C24H23F3O7. The van der Waals surface area contributed by atoms with Gasteiger partial charge in [-0.1, -0.05) is 13.0 Å². The van der Waals surface area contributed by atoms with Crippen molar-refractivity contribution in [3.63, 3.8) is 0 Å². The standard InChI is InChI=1S/C24H23F3O7/c1-5-10-32-23(29)13(2)33-15-7-8-16-18(12-15)34-22(24(25,26)27)20(21(16)28)14-6-9-17(30-3)19(11-14)31-4/h6-9,11-13H,5,10H2,1-4H3/t13-/m0/s1. The third kappa shape index (κ3) is 5.11. The maximum absolute atomic E-state index is 13.9. The number of fused-ring (bicyclic) bond motifs is 1. The molecule has 0 bridgehead atoms. The van der Waals surface area contributed by atoms with Gasteiger partial charge in [-0.05, 0) is 43.2 Å². The van der Waals surface area contributed by atoms with Crippen molar-refractivity contribution in [3.05, 3.63) is 52.4 Å². The van der Waals surface area contributed by atoms with Crippen LogP contribution in [-0.2, 0) is 15.7 Å². The summed E-state index contributed by atoms with van der Waals surface area (Å²) in [6.45, 7) is 3.49. The van der Waals surface area contributed by atoms with Crippen LogP contribution >= 0.6 is 0 Å². The molecule has 0 amide bonds. The molecule has 7 nitrogen and oxygen atoms in total. The second kappa shape index (κ2) is 10.1. The van der Waals surface area contributed by atoms with E-state index in [1.54, 1.807) is 0 Å². The molecule has 0 aliphatic rings. The number of esters is 1. The maximum atomic E-state index is 13.9. The van der Waals surface area contributed by atoms with Crippen LogP contribution in [0.5, 0.6) is 17.2 Å². The minimum absolute atomic E-state index is 0.0450. The molecule has 10 heteroatoms. The van der Waals surface area contributed by atoms with Crippen LogP contribution in [0.15, 0.2) is 45.6 Å². The number of hydrogen-bond donors (Lipinski definition) is 0. The highest BCUT2D eigenvalue weighted by molar-refractivity contribution is 5.84. The molecule has 3 rings (SSSR count). The van der Waals surface area contributed by atoms with Crippen LogP contribution in [0.25, 0.3) is 22.1 Å². The van der Waals surface area contributed by atoms with Gasteiger partial charge in [0.05, 0.1) is 31.8 Å². The van der Waals surface area contributed by atoms with Gasteiger partial charge in [0.15, 0.2) is 17.6 Å². The number of carbonyl (C=O) groups excluding carboxylic acids is 1. The minimum Gasteiger partial charge on any atom is -0.493 e. The zero-order valence-electron chi connectivity index (χ0n) is 18.9. The van der Waals surface area contributed by atoms with Gasteiger partial charge in [-0.2, -0.15) is 13.2 Å². The van der Waals surface area contributed by atoms with Crippen LogP contribution in [-0.4, -0.2) is 32.9 Å². The Balaban J connectivity index is 2.12. The Hall–Kier alpha value is -3.69. The SMILES string of the molecule is CCCOC(=O)[C@H](C)Oc1ccc2c(=O)c(-c3ccc(OC)c(OC)c3)c(C(F)(F)F)oc2c1. The van der Waals surface area contributed by atoms with Crippen molar-refractivity contribution in [1.29, 1.82) is 0 Å². The summed E-state index contributed by atoms with van der Waals surface area (Å²) < 4.78 is 67.7. The summed E-state index contributed by atoms with van der Waals surface area (Å²) in [7, 11) is 2.71. The monoisotopic (exact) mass is 480 g/mol. The molecule has 0 N–H and O–H groups in total. The quantitative estimate of drug-likeness (QED) is 0.409. The van der Waals surface area contributed by atoms with E-state index in [1.165, 1.54) is 51.5 Å². The average molecular weight is 480 g/mol. The van der Waals surface area contributed by atoms with Gasteiger partial charge in [0.1, 0.15) is 11.3 Å². The molecule has 182 valence electrons. The highest BCUT2D eigenvalue weighted by Gasteiger charge is 2.39. The predicted octanol–water partition coefficient (Wildman–Crippen LogP) is 5.22. The Morgan fingerprint density at radius 1 is 1.06 bits per heavy atom. The van der Waals surface area contributed by atoms with Crippen LogP contribution in [0.4, 0.5) is 13.2 Å². The third-order valence-electron chi connectivity index (χ3n) is 4.89. The van der Waals surface area contributed by atoms with Gasteiger partial charge < -0.3 is 23.4 Å². The summed E-state index contributed by atoms with van der Waals surface area (Å²) in [6.07, 6.45) is -5.35. The highest BCUT2D eigenvalue weighted by atomic mass is 19.4. The van der Waals surface area contributed by atoms with Gasteiger partial charge in [-0.15, -0.1) is 0 Å². The van der Waals surface area contributed by atoms with E-state index >= 15 is 0 Å². The first kappa shape index (κ1) is 24.9. The molecule has 0 aliphatic carbocycles. The number of hydrogen-bond acceptors (Lipinski definition) is 7. The van der Waals surface area contributed by atoms with E-state index in [-0.39, 0.29) is 34.6 Å². The Bertz CT molecular complexity index is 1250. The van der Waals surface area contributed by atoms with Crippen molar-refractivity contribution in [2.45, 2.75) is 32.5 Å². The number of benzene rings is 2. The Labute approximate surface area is 193 Å². The number of carbonyl (C=O) groups is 1. The smallest absolute Gasteiger partial charge is 0.450 e. The van der Waals surface area contributed by atoms with Gasteiger partial charge in [0, 0.05) is 6.07 Å². The van der Waals surface area contributed by atoms with Gasteiger partial charge in [0.2, 0.25) is 11.2 Å². The summed E-state index contributed by atoms with van der Waals surface area (Å²) in [5, 5.41) is -0.0913. The number of rotatable bonds is 8. The van der Waals surface area contributed by atoms with Crippen LogP contribution in [0.3, 0.4) is 0 Å². The van der Waals surface area contributed by atoms with Crippen LogP contribution in [0, 0.1) is 0 Å². The lowest BCUT2D eigenvalue weighted by Crippen LogP contribution is -2.26. The van der Waals surface area contributed by atoms with Crippen molar-refractivity contribution in [3.8, 4) is 28.4 Å². The van der Waals surface area contributed by atoms with Gasteiger partial charge >= 0.3 is 12.1 Å². The second-order valence-corrected chi connectivity index (χ2v) is 7.29. The van der Waals surface area contributed by atoms with Crippen LogP contribution in [0.2, 0.25) is 0 Å². The molecule has 0 saturated heterocycles. The average Bonchev–Trinajstić information content (AvgIpc) is 2.81. The fourth-order valence-corrected chi connectivity index (χ4v) is 3.27. The van der Waals surface area contributed by atoms with Gasteiger partial charge in [-0.3, -0.25) is 4.79 Å². The molecular weight excluding hydrogens is 457 g/mol. The molecule has 34 heavy (non-hydrogen) atoms. The first-order chi connectivity index (χ1) is 16.1. The normalized spacial score (nSPS) is 12.3. The second-order valence-electron chi connectivity index (χ2n) is 7.29. The highest BCUT2D eigenvalue weighted by Crippen LogP contribution is 2.40. The first-order valence-corrected chi connectivity index (χ1v) is 10.3. The van der Waals surface area contributed by atoms with E-state index in [2.05, 4.69) is 0 Å². The van der Waals surface area contributed by atoms with Crippen LogP contribution in [0.1, 0.15) is 26.0 Å². The summed E-state index contributed by atoms with van der Waals surface area (Å²) >= 11 is 0. The largest absolute Gasteiger partial charge is 0.493 e. The number of ether oxygens (including phenoxy) is 4. The van der Waals surface area contributed by atoms with E-state index in [0.717, 1.165) is 6.07 Å². The Kier molecular flexibility index (Phi) is 7.38. The number of methoxy groups -OCH3 is 2. The Morgan fingerprint density at radius 3 is 2.38 bits per heavy atom. The van der Waals surface area contributed by atoms with E-state index in [1.807, 2.05) is 6.92 Å². The lowest BCUT2D eigenvalue weighted by atomic mass is 10.0. The van der Waals surface area contributed by atoms with Gasteiger partial charge in [0.25, 0.3) is 0 Å². The van der Waals surface area contributed by atoms with Crippen LogP contribution < -0.4 is 19.6 Å². The van der Waals surface area contributed by atoms with Crippen molar-refractivity contribution in [2.75, 3.05) is 20.8 Å². The molecule has 1 atom stereocenters. The molecule has 3 aromatic rings. The number of halogens is 3. The summed E-state index contributed by atoms with van der Waals surface area (Å²) in [5.74, 6) is -1.60. The Morgan fingerprint density at radius 2 is 1.76 bits per heavy atom. The topological polar surface area (TPSA) is 84.2 Å². The predicted molar refractivity (Wildman–Crippen MR) is 117 cm³/mol. The molecule has 0 spiro atoms. The van der Waals surface area contributed by atoms with E-state index < -0.39 is 35.0 Å².